The van der Waals surface area contributed by atoms with Crippen LogP contribution in [0.4, 0.5) is 5.69 Å². The number of para-hydroxylation sites is 1. The van der Waals surface area contributed by atoms with Crippen molar-refractivity contribution in [1.29, 1.82) is 0 Å². The van der Waals surface area contributed by atoms with Crippen molar-refractivity contribution in [2.75, 3.05) is 11.9 Å². The van der Waals surface area contributed by atoms with Crippen LogP contribution in [0.25, 0.3) is 5.69 Å². The maximum Gasteiger partial charge on any atom is 0.321 e. The molecule has 3 rings (SSSR count). The summed E-state index contributed by atoms with van der Waals surface area (Å²) >= 11 is 0. The van der Waals surface area contributed by atoms with Gasteiger partial charge in [-0.25, -0.2) is 13.1 Å². The van der Waals surface area contributed by atoms with Gasteiger partial charge in [-0.3, -0.25) is 19.1 Å². The summed E-state index contributed by atoms with van der Waals surface area (Å²) in [5.74, 6) is -1.66. The predicted molar refractivity (Wildman–Crippen MR) is 131 cm³/mol. The SMILES string of the molecule is Cc1ccc(S(=O)(=O)NCC(=O)OC(C)C(=O)Nc2c(C)n(C)n(-c3ccccc3)c2=O)cc1C. The molecular weight excluding hydrogens is 472 g/mol. The Labute approximate surface area is 203 Å². The van der Waals surface area contributed by atoms with E-state index < -0.39 is 40.1 Å². The first-order valence-corrected chi connectivity index (χ1v) is 12.3. The van der Waals surface area contributed by atoms with Gasteiger partial charge in [-0.1, -0.05) is 24.3 Å². The van der Waals surface area contributed by atoms with Crippen molar-refractivity contribution in [3.63, 3.8) is 0 Å². The third-order valence-corrected chi connectivity index (χ3v) is 7.07. The van der Waals surface area contributed by atoms with Crippen LogP contribution >= 0.6 is 0 Å². The van der Waals surface area contributed by atoms with E-state index in [-0.39, 0.29) is 10.6 Å². The highest BCUT2D eigenvalue weighted by molar-refractivity contribution is 7.89. The Bertz CT molecular complexity index is 1420. The molecule has 1 amide bonds. The molecule has 0 aliphatic carbocycles. The van der Waals surface area contributed by atoms with E-state index in [0.717, 1.165) is 11.1 Å². The van der Waals surface area contributed by atoms with Crippen LogP contribution < -0.4 is 15.6 Å². The quantitative estimate of drug-likeness (QED) is 0.455. The van der Waals surface area contributed by atoms with Crippen molar-refractivity contribution in [3.8, 4) is 5.69 Å². The van der Waals surface area contributed by atoms with Gasteiger partial charge in [-0.15, -0.1) is 0 Å². The molecule has 0 saturated heterocycles. The van der Waals surface area contributed by atoms with Crippen molar-refractivity contribution in [3.05, 3.63) is 75.7 Å². The fourth-order valence-corrected chi connectivity index (χ4v) is 4.40. The van der Waals surface area contributed by atoms with Gasteiger partial charge in [-0.2, -0.15) is 4.72 Å². The molecule has 1 aromatic heterocycles. The van der Waals surface area contributed by atoms with Crippen molar-refractivity contribution in [1.82, 2.24) is 14.1 Å². The highest BCUT2D eigenvalue weighted by Gasteiger charge is 2.24. The number of amides is 1. The summed E-state index contributed by atoms with van der Waals surface area (Å²) in [5.41, 5.74) is 2.48. The molecule has 186 valence electrons. The van der Waals surface area contributed by atoms with Gasteiger partial charge >= 0.3 is 5.97 Å². The van der Waals surface area contributed by atoms with Crippen LogP contribution in [0.1, 0.15) is 23.7 Å². The van der Waals surface area contributed by atoms with E-state index >= 15 is 0 Å². The zero-order chi connectivity index (χ0) is 25.9. The summed E-state index contributed by atoms with van der Waals surface area (Å²) in [6, 6.07) is 13.5. The second kappa shape index (κ2) is 10.3. The molecule has 0 bridgehead atoms. The summed E-state index contributed by atoms with van der Waals surface area (Å²) in [5, 5.41) is 2.52. The highest BCUT2D eigenvalue weighted by Crippen LogP contribution is 2.16. The van der Waals surface area contributed by atoms with E-state index in [1.165, 1.54) is 23.7 Å². The number of esters is 1. The molecular formula is C24H28N4O6S. The number of nitrogens with one attached hydrogen (secondary N) is 2. The zero-order valence-corrected chi connectivity index (χ0v) is 21.0. The van der Waals surface area contributed by atoms with Crippen LogP contribution in [-0.2, 0) is 31.4 Å². The first-order valence-electron chi connectivity index (χ1n) is 10.8. The maximum atomic E-state index is 12.9. The Hall–Kier alpha value is -3.70. The van der Waals surface area contributed by atoms with Crippen LogP contribution in [0, 0.1) is 20.8 Å². The number of sulfonamides is 1. The summed E-state index contributed by atoms with van der Waals surface area (Å²) in [6.07, 6.45) is -1.27. The lowest BCUT2D eigenvalue weighted by molar-refractivity contribution is -0.151. The lowest BCUT2D eigenvalue weighted by atomic mass is 10.1. The Balaban J connectivity index is 1.64. The fourth-order valence-electron chi connectivity index (χ4n) is 3.35. The van der Waals surface area contributed by atoms with Gasteiger partial charge in [-0.05, 0) is 63.1 Å². The first kappa shape index (κ1) is 25.9. The minimum atomic E-state index is -3.94. The molecule has 10 nitrogen and oxygen atoms in total. The molecule has 35 heavy (non-hydrogen) atoms. The zero-order valence-electron chi connectivity index (χ0n) is 20.2. The Morgan fingerprint density at radius 1 is 1.03 bits per heavy atom. The molecule has 3 aromatic rings. The van der Waals surface area contributed by atoms with E-state index in [1.807, 2.05) is 13.0 Å². The second-order valence-corrected chi connectivity index (χ2v) is 9.90. The largest absolute Gasteiger partial charge is 0.452 e. The van der Waals surface area contributed by atoms with Gasteiger partial charge in [0, 0.05) is 7.05 Å². The number of hydrogen-bond acceptors (Lipinski definition) is 6. The predicted octanol–water partition coefficient (Wildman–Crippen LogP) is 1.95. The van der Waals surface area contributed by atoms with Gasteiger partial charge in [0.15, 0.2) is 6.10 Å². The molecule has 0 fully saturated rings. The molecule has 0 aliphatic rings. The van der Waals surface area contributed by atoms with Gasteiger partial charge in [0.2, 0.25) is 10.0 Å². The minimum Gasteiger partial charge on any atom is -0.452 e. The number of anilines is 1. The number of ether oxygens (including phenoxy) is 1. The van der Waals surface area contributed by atoms with Crippen molar-refractivity contribution < 1.29 is 22.7 Å². The molecule has 2 aromatic carbocycles. The van der Waals surface area contributed by atoms with Crippen LogP contribution in [-0.4, -0.2) is 42.3 Å². The standard InChI is InChI=1S/C24H28N4O6S/c1-15-11-12-20(13-16(15)2)35(32,33)25-14-21(29)34-18(4)23(30)26-22-17(3)27(5)28(24(22)31)19-9-7-6-8-10-19/h6-13,18,25H,14H2,1-5H3,(H,26,30). The number of carbonyl (C=O) groups is 2. The molecule has 1 unspecified atom stereocenters. The number of carbonyl (C=O) groups excluding carboxylic acids is 2. The Morgan fingerprint density at radius 2 is 1.69 bits per heavy atom. The van der Waals surface area contributed by atoms with Gasteiger partial charge in [0.1, 0.15) is 12.2 Å². The molecule has 0 radical (unpaired) electrons. The van der Waals surface area contributed by atoms with Gasteiger partial charge in [0.05, 0.1) is 16.3 Å². The molecule has 0 saturated carbocycles. The first-order chi connectivity index (χ1) is 16.4. The van der Waals surface area contributed by atoms with Crippen LogP contribution in [0.5, 0.6) is 0 Å². The summed E-state index contributed by atoms with van der Waals surface area (Å²) in [6.45, 7) is 5.99. The highest BCUT2D eigenvalue weighted by atomic mass is 32.2. The average Bonchev–Trinajstić information content (AvgIpc) is 3.03. The van der Waals surface area contributed by atoms with Crippen molar-refractivity contribution in [2.45, 2.75) is 38.7 Å². The van der Waals surface area contributed by atoms with Crippen LogP contribution in [0.15, 0.2) is 58.2 Å². The number of benzene rings is 2. The van der Waals surface area contributed by atoms with Crippen LogP contribution in [0.3, 0.4) is 0 Å². The molecule has 2 N–H and O–H groups in total. The fraction of sp³-hybridized carbons (Fsp3) is 0.292. The number of hydrogen-bond donors (Lipinski definition) is 2. The van der Waals surface area contributed by atoms with E-state index in [2.05, 4.69) is 10.0 Å². The van der Waals surface area contributed by atoms with E-state index in [0.29, 0.717) is 11.4 Å². The van der Waals surface area contributed by atoms with E-state index in [1.54, 1.807) is 55.9 Å². The maximum absolute atomic E-state index is 12.9. The van der Waals surface area contributed by atoms with Crippen molar-refractivity contribution >= 4 is 27.6 Å². The van der Waals surface area contributed by atoms with Crippen LogP contribution in [0.2, 0.25) is 0 Å². The molecule has 11 heteroatoms. The lowest BCUT2D eigenvalue weighted by Crippen LogP contribution is -2.36. The third-order valence-electron chi connectivity index (χ3n) is 5.68. The molecule has 1 atom stereocenters. The Kier molecular flexibility index (Phi) is 7.61. The van der Waals surface area contributed by atoms with Crippen molar-refractivity contribution in [2.24, 2.45) is 7.05 Å². The van der Waals surface area contributed by atoms with Gasteiger partial charge in [0.25, 0.3) is 11.5 Å². The summed E-state index contributed by atoms with van der Waals surface area (Å²) in [4.78, 5) is 37.8. The topological polar surface area (TPSA) is 128 Å². The minimum absolute atomic E-state index is 0.0217. The van der Waals surface area contributed by atoms with E-state index in [9.17, 15) is 22.8 Å². The van der Waals surface area contributed by atoms with Gasteiger partial charge < -0.3 is 10.1 Å². The number of aromatic nitrogens is 2. The smallest absolute Gasteiger partial charge is 0.321 e. The second-order valence-electron chi connectivity index (χ2n) is 8.13. The summed E-state index contributed by atoms with van der Waals surface area (Å²) in [7, 11) is -2.25. The van der Waals surface area contributed by atoms with E-state index in [4.69, 9.17) is 4.74 Å². The lowest BCUT2D eigenvalue weighted by Gasteiger charge is -2.14. The third kappa shape index (κ3) is 5.69. The molecule has 0 aliphatic heterocycles. The number of rotatable bonds is 8. The number of aryl methyl sites for hydroxylation is 2. The normalized spacial score (nSPS) is 12.3. The molecule has 1 heterocycles. The summed E-state index contributed by atoms with van der Waals surface area (Å²) < 4.78 is 35.1. The monoisotopic (exact) mass is 500 g/mol. The Morgan fingerprint density at radius 3 is 2.31 bits per heavy atom. The molecule has 0 spiro atoms. The average molecular weight is 501 g/mol. The number of nitrogens with zero attached hydrogens (tertiary/aromatic N) is 2.